The van der Waals surface area contributed by atoms with Crippen LogP contribution in [-0.2, 0) is 7.05 Å². The molecule has 1 unspecified atom stereocenters. The van der Waals surface area contributed by atoms with Crippen LogP contribution in [0.4, 0.5) is 0 Å². The molecule has 2 heterocycles. The average molecular weight is 212 g/mol. The molecular formula is C9H10ClN3O. The van der Waals surface area contributed by atoms with Crippen LogP contribution in [0.3, 0.4) is 0 Å². The minimum Gasteiger partial charge on any atom is -0.453 e. The molecule has 0 radical (unpaired) electrons. The molecule has 0 fully saturated rings. The maximum Gasteiger partial charge on any atom is 0.198 e. The summed E-state index contributed by atoms with van der Waals surface area (Å²) in [5, 5.41) is 4.52. The van der Waals surface area contributed by atoms with Crippen molar-refractivity contribution in [2.45, 2.75) is 6.04 Å². The van der Waals surface area contributed by atoms with Crippen LogP contribution in [0.5, 0.6) is 0 Å². The molecule has 0 aliphatic heterocycles. The van der Waals surface area contributed by atoms with Gasteiger partial charge in [-0.05, 0) is 23.7 Å². The number of hydrogen-bond acceptors (Lipinski definition) is 3. The molecule has 1 atom stereocenters. The molecule has 0 spiro atoms. The molecule has 4 nitrogen and oxygen atoms in total. The largest absolute Gasteiger partial charge is 0.453 e. The number of nitrogens with zero attached hydrogens (tertiary/aromatic N) is 2. The summed E-state index contributed by atoms with van der Waals surface area (Å²) in [6, 6.07) is 3.28. The van der Waals surface area contributed by atoms with Crippen LogP contribution >= 0.6 is 11.6 Å². The van der Waals surface area contributed by atoms with Crippen LogP contribution in [-0.4, -0.2) is 9.78 Å². The number of halogens is 1. The molecule has 0 amide bonds. The fourth-order valence-electron chi connectivity index (χ4n) is 1.28. The Kier molecular flexibility index (Phi) is 2.31. The highest BCUT2D eigenvalue weighted by Crippen LogP contribution is 2.26. The van der Waals surface area contributed by atoms with Crippen molar-refractivity contribution >= 4 is 11.6 Å². The second kappa shape index (κ2) is 3.48. The quantitative estimate of drug-likeness (QED) is 0.823. The van der Waals surface area contributed by atoms with Crippen LogP contribution in [0, 0.1) is 0 Å². The van der Waals surface area contributed by atoms with Crippen molar-refractivity contribution in [3.05, 3.63) is 41.1 Å². The smallest absolute Gasteiger partial charge is 0.198 e. The molecule has 2 N–H and O–H groups in total. The molecule has 5 heteroatoms. The number of aromatic nitrogens is 2. The predicted molar refractivity (Wildman–Crippen MR) is 53.0 cm³/mol. The van der Waals surface area contributed by atoms with Crippen LogP contribution < -0.4 is 5.73 Å². The van der Waals surface area contributed by atoms with Crippen LogP contribution in [0.15, 0.2) is 29.0 Å². The van der Waals surface area contributed by atoms with E-state index in [1.54, 1.807) is 10.7 Å². The molecule has 2 aromatic heterocycles. The third kappa shape index (κ3) is 1.54. The average Bonchev–Trinajstić information content (AvgIpc) is 2.73. The summed E-state index contributed by atoms with van der Waals surface area (Å²) in [5.41, 5.74) is 7.48. The molecule has 0 saturated heterocycles. The summed E-state index contributed by atoms with van der Waals surface area (Å²) >= 11 is 5.81. The maximum atomic E-state index is 5.95. The zero-order valence-corrected chi connectivity index (χ0v) is 8.40. The first-order chi connectivity index (χ1) is 6.68. The second-order valence-corrected chi connectivity index (χ2v) is 3.38. The zero-order chi connectivity index (χ0) is 10.1. The fourth-order valence-corrected chi connectivity index (χ4v) is 1.52. The number of furan rings is 1. The Hall–Kier alpha value is -1.26. The fraction of sp³-hybridized carbons (Fsp3) is 0.222. The van der Waals surface area contributed by atoms with Crippen LogP contribution in [0.2, 0.25) is 5.22 Å². The SMILES string of the molecule is Cn1ccc(C(N)c2ccoc2Cl)n1. The van der Waals surface area contributed by atoms with Gasteiger partial charge in [-0.15, -0.1) is 0 Å². The molecule has 0 aliphatic rings. The van der Waals surface area contributed by atoms with Gasteiger partial charge in [0.1, 0.15) is 0 Å². The summed E-state index contributed by atoms with van der Waals surface area (Å²) in [7, 11) is 1.84. The first-order valence-corrected chi connectivity index (χ1v) is 4.54. The molecule has 2 aromatic rings. The Bertz CT molecular complexity index is 435. The van der Waals surface area contributed by atoms with Gasteiger partial charge in [0.2, 0.25) is 0 Å². The van der Waals surface area contributed by atoms with Gasteiger partial charge in [-0.25, -0.2) is 0 Å². The summed E-state index contributed by atoms with van der Waals surface area (Å²) in [5.74, 6) is 0. The van der Waals surface area contributed by atoms with Gasteiger partial charge in [-0.1, -0.05) is 0 Å². The van der Waals surface area contributed by atoms with Crippen molar-refractivity contribution in [1.82, 2.24) is 9.78 Å². The Labute approximate surface area is 86.3 Å². The van der Waals surface area contributed by atoms with E-state index in [4.69, 9.17) is 21.8 Å². The van der Waals surface area contributed by atoms with Gasteiger partial charge in [0, 0.05) is 18.8 Å². The van der Waals surface area contributed by atoms with Gasteiger partial charge >= 0.3 is 0 Å². The normalized spacial score (nSPS) is 13.1. The Morgan fingerprint density at radius 3 is 2.86 bits per heavy atom. The van der Waals surface area contributed by atoms with Crippen molar-refractivity contribution in [1.29, 1.82) is 0 Å². The van der Waals surface area contributed by atoms with Crippen molar-refractivity contribution in [3.63, 3.8) is 0 Å². The standard InChI is InChI=1S/C9H10ClN3O/c1-13-4-2-7(12-13)8(11)6-3-5-14-9(6)10/h2-5,8H,11H2,1H3. The topological polar surface area (TPSA) is 57.0 Å². The van der Waals surface area contributed by atoms with Crippen molar-refractivity contribution in [2.24, 2.45) is 12.8 Å². The first kappa shape index (κ1) is 9.30. The monoisotopic (exact) mass is 211 g/mol. The summed E-state index contributed by atoms with van der Waals surface area (Å²) in [6.45, 7) is 0. The third-order valence-electron chi connectivity index (χ3n) is 2.03. The van der Waals surface area contributed by atoms with E-state index in [9.17, 15) is 0 Å². The molecular weight excluding hydrogens is 202 g/mol. The van der Waals surface area contributed by atoms with Crippen molar-refractivity contribution in [2.75, 3.05) is 0 Å². The highest BCUT2D eigenvalue weighted by atomic mass is 35.5. The van der Waals surface area contributed by atoms with Gasteiger partial charge in [0.15, 0.2) is 5.22 Å². The lowest BCUT2D eigenvalue weighted by Crippen LogP contribution is -2.12. The lowest BCUT2D eigenvalue weighted by atomic mass is 10.1. The second-order valence-electron chi connectivity index (χ2n) is 3.04. The maximum absolute atomic E-state index is 5.95. The lowest BCUT2D eigenvalue weighted by molar-refractivity contribution is 0.563. The molecule has 0 aliphatic carbocycles. The van der Waals surface area contributed by atoms with Crippen molar-refractivity contribution < 1.29 is 4.42 Å². The molecule has 0 aromatic carbocycles. The third-order valence-corrected chi connectivity index (χ3v) is 2.34. The summed E-state index contributed by atoms with van der Waals surface area (Å²) in [6.07, 6.45) is 3.35. The lowest BCUT2D eigenvalue weighted by Gasteiger charge is -2.05. The predicted octanol–water partition coefficient (Wildman–Crippen LogP) is 1.71. The highest BCUT2D eigenvalue weighted by Gasteiger charge is 2.16. The van der Waals surface area contributed by atoms with Crippen molar-refractivity contribution in [3.8, 4) is 0 Å². The van der Waals surface area contributed by atoms with Gasteiger partial charge in [0.05, 0.1) is 18.0 Å². The van der Waals surface area contributed by atoms with E-state index < -0.39 is 0 Å². The van der Waals surface area contributed by atoms with E-state index >= 15 is 0 Å². The van der Waals surface area contributed by atoms with E-state index in [0.717, 1.165) is 11.3 Å². The first-order valence-electron chi connectivity index (χ1n) is 4.16. The Balaban J connectivity index is 2.33. The van der Waals surface area contributed by atoms with E-state index in [1.807, 2.05) is 19.3 Å². The number of rotatable bonds is 2. The molecule has 14 heavy (non-hydrogen) atoms. The minimum atomic E-state index is -0.331. The summed E-state index contributed by atoms with van der Waals surface area (Å²) < 4.78 is 6.66. The number of nitrogens with two attached hydrogens (primary N) is 1. The molecule has 2 rings (SSSR count). The van der Waals surface area contributed by atoms with E-state index in [-0.39, 0.29) is 6.04 Å². The highest BCUT2D eigenvalue weighted by molar-refractivity contribution is 6.29. The Morgan fingerprint density at radius 1 is 1.57 bits per heavy atom. The van der Waals surface area contributed by atoms with E-state index in [1.165, 1.54) is 6.26 Å². The summed E-state index contributed by atoms with van der Waals surface area (Å²) in [4.78, 5) is 0. The van der Waals surface area contributed by atoms with Gasteiger partial charge in [-0.2, -0.15) is 5.10 Å². The van der Waals surface area contributed by atoms with Gasteiger partial charge in [-0.3, -0.25) is 4.68 Å². The zero-order valence-electron chi connectivity index (χ0n) is 7.64. The molecule has 0 saturated carbocycles. The van der Waals surface area contributed by atoms with Gasteiger partial charge in [0.25, 0.3) is 0 Å². The van der Waals surface area contributed by atoms with Crippen LogP contribution in [0.1, 0.15) is 17.3 Å². The molecule has 0 bridgehead atoms. The van der Waals surface area contributed by atoms with Gasteiger partial charge < -0.3 is 10.2 Å². The van der Waals surface area contributed by atoms with Crippen LogP contribution in [0.25, 0.3) is 0 Å². The van der Waals surface area contributed by atoms with E-state index in [2.05, 4.69) is 5.10 Å². The molecule has 74 valence electrons. The minimum absolute atomic E-state index is 0.322. The number of aryl methyl sites for hydroxylation is 1. The number of hydrogen-bond donors (Lipinski definition) is 1. The Morgan fingerprint density at radius 2 is 2.36 bits per heavy atom. The van der Waals surface area contributed by atoms with E-state index in [0.29, 0.717) is 5.22 Å².